The van der Waals surface area contributed by atoms with Crippen molar-refractivity contribution in [2.24, 2.45) is 0 Å². The fourth-order valence-corrected chi connectivity index (χ4v) is 2.66. The average Bonchev–Trinajstić information content (AvgIpc) is 2.48. The predicted octanol–water partition coefficient (Wildman–Crippen LogP) is 2.49. The van der Waals surface area contributed by atoms with Crippen molar-refractivity contribution in [2.45, 2.75) is 4.90 Å². The lowest BCUT2D eigenvalue weighted by Crippen LogP contribution is -2.04. The van der Waals surface area contributed by atoms with Gasteiger partial charge in [0.05, 0.1) is 4.90 Å². The van der Waals surface area contributed by atoms with Gasteiger partial charge in [-0.2, -0.15) is 0 Å². The Morgan fingerprint density at radius 3 is 2.15 bits per heavy atom. The number of sulfone groups is 1. The van der Waals surface area contributed by atoms with Gasteiger partial charge < -0.3 is 0 Å². The number of rotatable bonds is 2. The summed E-state index contributed by atoms with van der Waals surface area (Å²) in [6.07, 6.45) is 5.36. The Morgan fingerprint density at radius 2 is 1.50 bits per heavy atom. The summed E-state index contributed by atoms with van der Waals surface area (Å²) in [6, 6.07) is 15.5. The smallest absolute Gasteiger partial charge is 0.189 e. The van der Waals surface area contributed by atoms with E-state index in [0.29, 0.717) is 11.1 Å². The molecule has 0 atom stereocenters. The first-order valence-corrected chi connectivity index (χ1v) is 7.61. The maximum absolute atomic E-state index is 12.0. The summed E-state index contributed by atoms with van der Waals surface area (Å²) in [7, 11) is -3.38. The topological polar surface area (TPSA) is 34.1 Å². The maximum atomic E-state index is 12.0. The Hall–Kier alpha value is -2.49. The summed E-state index contributed by atoms with van der Waals surface area (Å²) >= 11 is 0. The predicted molar refractivity (Wildman–Crippen MR) is 79.7 cm³/mol. The van der Waals surface area contributed by atoms with Crippen LogP contribution in [0.3, 0.4) is 0 Å². The van der Waals surface area contributed by atoms with E-state index >= 15 is 0 Å². The van der Waals surface area contributed by atoms with Crippen molar-refractivity contribution in [3.63, 3.8) is 0 Å². The van der Waals surface area contributed by atoms with E-state index < -0.39 is 9.84 Å². The molecule has 0 saturated heterocycles. The van der Waals surface area contributed by atoms with Crippen molar-refractivity contribution in [3.8, 4) is 24.2 Å². The molecule has 0 radical (unpaired) electrons. The first kappa shape index (κ1) is 13.9. The molecule has 2 nitrogen and oxygen atoms in total. The second-order valence-corrected chi connectivity index (χ2v) is 6.05. The van der Waals surface area contributed by atoms with Crippen LogP contribution in [-0.2, 0) is 9.84 Å². The van der Waals surface area contributed by atoms with Crippen molar-refractivity contribution in [1.29, 1.82) is 0 Å². The van der Waals surface area contributed by atoms with Crippen LogP contribution in [0.1, 0.15) is 11.1 Å². The minimum atomic E-state index is -3.38. The zero-order chi connectivity index (χ0) is 14.4. The van der Waals surface area contributed by atoms with Gasteiger partial charge in [-0.1, -0.05) is 48.1 Å². The van der Waals surface area contributed by atoms with Gasteiger partial charge in [-0.15, -0.1) is 6.42 Å². The minimum Gasteiger partial charge on any atom is -0.223 e. The highest BCUT2D eigenvalue weighted by Crippen LogP contribution is 2.10. The van der Waals surface area contributed by atoms with Crippen LogP contribution in [-0.4, -0.2) is 14.2 Å². The molecular weight excluding hydrogens is 268 g/mol. The first-order chi connectivity index (χ1) is 9.63. The largest absolute Gasteiger partial charge is 0.223 e. The van der Waals surface area contributed by atoms with Crippen molar-refractivity contribution in [3.05, 3.63) is 65.7 Å². The van der Waals surface area contributed by atoms with Crippen LogP contribution in [0.4, 0.5) is 0 Å². The molecule has 2 rings (SSSR count). The summed E-state index contributed by atoms with van der Waals surface area (Å²) in [5, 5.41) is 0. The average molecular weight is 280 g/mol. The normalized spacial score (nSPS) is 10.2. The van der Waals surface area contributed by atoms with Gasteiger partial charge >= 0.3 is 0 Å². The molecule has 2 aromatic carbocycles. The Labute approximate surface area is 119 Å². The summed E-state index contributed by atoms with van der Waals surface area (Å²) in [6.45, 7) is 0. The molecule has 0 heterocycles. The number of hydrogen-bond donors (Lipinski definition) is 0. The Morgan fingerprint density at radius 1 is 0.900 bits per heavy atom. The molecule has 0 aromatic heterocycles. The molecule has 0 aliphatic rings. The van der Waals surface area contributed by atoms with Crippen LogP contribution in [0.25, 0.3) is 0 Å². The third-order valence-corrected chi connectivity index (χ3v) is 4.18. The van der Waals surface area contributed by atoms with Crippen LogP contribution < -0.4 is 0 Å². The van der Waals surface area contributed by atoms with Gasteiger partial charge in [0.15, 0.2) is 9.84 Å². The van der Waals surface area contributed by atoms with Crippen molar-refractivity contribution >= 4 is 9.84 Å². The molecule has 0 saturated carbocycles. The third-order valence-electron chi connectivity index (χ3n) is 2.67. The number of hydrogen-bond acceptors (Lipinski definition) is 2. The molecule has 0 amide bonds. The molecule has 0 aliphatic carbocycles. The van der Waals surface area contributed by atoms with Crippen LogP contribution in [0, 0.1) is 24.2 Å². The molecule has 0 aliphatic heterocycles. The minimum absolute atomic E-state index is 0.226. The Balaban J connectivity index is 2.22. The molecular formula is C17H12O2S. The highest BCUT2D eigenvalue weighted by molar-refractivity contribution is 7.91. The van der Waals surface area contributed by atoms with Crippen LogP contribution in [0.15, 0.2) is 59.5 Å². The fraction of sp³-hybridized carbons (Fsp3) is 0.0588. The molecule has 2 aromatic rings. The Kier molecular flexibility index (Phi) is 4.25. The highest BCUT2D eigenvalue weighted by atomic mass is 32.2. The lowest BCUT2D eigenvalue weighted by molar-refractivity contribution is 0.599. The quantitative estimate of drug-likeness (QED) is 0.792. The van der Waals surface area contributed by atoms with E-state index in [9.17, 15) is 8.42 Å². The molecule has 0 N–H and O–H groups in total. The molecule has 0 spiro atoms. The van der Waals surface area contributed by atoms with Crippen LogP contribution >= 0.6 is 0 Å². The van der Waals surface area contributed by atoms with E-state index in [1.165, 1.54) is 0 Å². The number of benzene rings is 2. The van der Waals surface area contributed by atoms with Crippen molar-refractivity contribution in [1.82, 2.24) is 0 Å². The van der Waals surface area contributed by atoms with Gasteiger partial charge in [-0.25, -0.2) is 8.42 Å². The van der Waals surface area contributed by atoms with Gasteiger partial charge in [-0.3, -0.25) is 0 Å². The van der Waals surface area contributed by atoms with Gasteiger partial charge in [0, 0.05) is 11.1 Å². The molecule has 0 fully saturated rings. The maximum Gasteiger partial charge on any atom is 0.189 e. The van der Waals surface area contributed by atoms with E-state index in [0.717, 1.165) is 0 Å². The van der Waals surface area contributed by atoms with Crippen LogP contribution in [0.5, 0.6) is 0 Å². The fourth-order valence-electron chi connectivity index (χ4n) is 1.66. The third kappa shape index (κ3) is 3.29. The van der Waals surface area contributed by atoms with E-state index in [1.54, 1.807) is 42.5 Å². The SMILES string of the molecule is C#Cc1ccccc1C#CCS(=O)(=O)c1ccccc1. The first-order valence-electron chi connectivity index (χ1n) is 5.96. The number of terminal acetylenes is 1. The summed E-state index contributed by atoms with van der Waals surface area (Å²) < 4.78 is 24.1. The summed E-state index contributed by atoms with van der Waals surface area (Å²) in [4.78, 5) is 0.277. The highest BCUT2D eigenvalue weighted by Gasteiger charge is 2.11. The lowest BCUT2D eigenvalue weighted by atomic mass is 10.1. The van der Waals surface area contributed by atoms with Crippen LogP contribution in [0.2, 0.25) is 0 Å². The lowest BCUT2D eigenvalue weighted by Gasteiger charge is -1.99. The van der Waals surface area contributed by atoms with Crippen molar-refractivity contribution in [2.75, 3.05) is 5.75 Å². The zero-order valence-electron chi connectivity index (χ0n) is 10.7. The van der Waals surface area contributed by atoms with Crippen molar-refractivity contribution < 1.29 is 8.42 Å². The van der Waals surface area contributed by atoms with Gasteiger partial charge in [-0.05, 0) is 24.3 Å². The van der Waals surface area contributed by atoms with Gasteiger partial charge in [0.25, 0.3) is 0 Å². The molecule has 98 valence electrons. The van der Waals surface area contributed by atoms with E-state index in [-0.39, 0.29) is 10.6 Å². The Bertz CT molecular complexity index is 801. The molecule has 20 heavy (non-hydrogen) atoms. The van der Waals surface area contributed by atoms with Gasteiger partial charge in [0.2, 0.25) is 0 Å². The summed E-state index contributed by atoms with van der Waals surface area (Å²) in [5.41, 5.74) is 1.33. The van der Waals surface area contributed by atoms with E-state index in [1.807, 2.05) is 12.1 Å². The zero-order valence-corrected chi connectivity index (χ0v) is 11.5. The monoisotopic (exact) mass is 280 g/mol. The second kappa shape index (κ2) is 6.10. The van der Waals surface area contributed by atoms with E-state index in [2.05, 4.69) is 17.8 Å². The van der Waals surface area contributed by atoms with E-state index in [4.69, 9.17) is 6.42 Å². The summed E-state index contributed by atoms with van der Waals surface area (Å²) in [5.74, 6) is 7.80. The second-order valence-electron chi connectivity index (χ2n) is 4.06. The van der Waals surface area contributed by atoms with Gasteiger partial charge in [0.1, 0.15) is 5.75 Å². The molecule has 0 bridgehead atoms. The molecule has 0 unspecified atom stereocenters. The standard InChI is InChI=1S/C17H12O2S/c1-2-15-9-6-7-10-16(15)11-8-14-20(18,19)17-12-4-3-5-13-17/h1,3-7,9-10,12-13H,14H2. The molecule has 3 heteroatoms.